The zero-order chi connectivity index (χ0) is 12.5. The van der Waals surface area contributed by atoms with Gasteiger partial charge in [-0.3, -0.25) is 0 Å². The van der Waals surface area contributed by atoms with E-state index in [1.807, 2.05) is 0 Å². The fourth-order valence-electron chi connectivity index (χ4n) is 3.07. The number of rotatable bonds is 2. The first-order valence-corrected chi connectivity index (χ1v) is 6.47. The van der Waals surface area contributed by atoms with Gasteiger partial charge >= 0.3 is 0 Å². The summed E-state index contributed by atoms with van der Waals surface area (Å²) in [6.07, 6.45) is 2.30. The van der Waals surface area contributed by atoms with Gasteiger partial charge in [0.05, 0.1) is 0 Å². The van der Waals surface area contributed by atoms with Crippen molar-refractivity contribution in [2.45, 2.75) is 37.6 Å². The maximum Gasteiger partial charge on any atom is 0.0159 e. The van der Waals surface area contributed by atoms with Crippen LogP contribution in [0.15, 0.2) is 30.3 Å². The second kappa shape index (κ2) is 4.43. The number of piperidine rings is 1. The lowest BCUT2D eigenvalue weighted by Crippen LogP contribution is -2.55. The molecule has 0 saturated carbocycles. The molecule has 1 atom stereocenters. The van der Waals surface area contributed by atoms with Gasteiger partial charge in [-0.05, 0) is 45.8 Å². The van der Waals surface area contributed by atoms with Crippen molar-refractivity contribution in [2.75, 3.05) is 20.1 Å². The summed E-state index contributed by atoms with van der Waals surface area (Å²) in [5.41, 5.74) is 7.92. The molecule has 1 saturated heterocycles. The molecule has 1 unspecified atom stereocenters. The molecular formula is C15H24N2. The lowest BCUT2D eigenvalue weighted by Gasteiger charge is -2.50. The third kappa shape index (κ3) is 2.24. The predicted molar refractivity (Wildman–Crippen MR) is 73.1 cm³/mol. The molecule has 0 aliphatic carbocycles. The quantitative estimate of drug-likeness (QED) is 0.848. The van der Waals surface area contributed by atoms with Crippen molar-refractivity contribution in [3.63, 3.8) is 0 Å². The zero-order valence-corrected chi connectivity index (χ0v) is 11.2. The molecule has 2 heteroatoms. The Morgan fingerprint density at radius 3 is 2.41 bits per heavy atom. The molecule has 1 aliphatic rings. The van der Waals surface area contributed by atoms with Crippen LogP contribution >= 0.6 is 0 Å². The fourth-order valence-corrected chi connectivity index (χ4v) is 3.07. The average Bonchev–Trinajstić information content (AvgIpc) is 2.34. The van der Waals surface area contributed by atoms with E-state index in [1.165, 1.54) is 5.56 Å². The van der Waals surface area contributed by atoms with Crippen LogP contribution < -0.4 is 5.73 Å². The number of benzene rings is 1. The van der Waals surface area contributed by atoms with Crippen molar-refractivity contribution < 1.29 is 0 Å². The van der Waals surface area contributed by atoms with Gasteiger partial charge < -0.3 is 10.6 Å². The van der Waals surface area contributed by atoms with Gasteiger partial charge in [0.15, 0.2) is 0 Å². The van der Waals surface area contributed by atoms with Gasteiger partial charge in [-0.15, -0.1) is 0 Å². The molecule has 94 valence electrons. The Hall–Kier alpha value is -0.860. The van der Waals surface area contributed by atoms with Crippen molar-refractivity contribution >= 4 is 0 Å². The van der Waals surface area contributed by atoms with E-state index in [0.29, 0.717) is 0 Å². The van der Waals surface area contributed by atoms with Crippen molar-refractivity contribution in [1.29, 1.82) is 0 Å². The third-order valence-corrected chi connectivity index (χ3v) is 4.51. The lowest BCUT2D eigenvalue weighted by atomic mass is 9.67. The van der Waals surface area contributed by atoms with Crippen LogP contribution in [-0.4, -0.2) is 30.6 Å². The molecule has 1 aromatic carbocycles. The molecule has 2 rings (SSSR count). The average molecular weight is 232 g/mol. The van der Waals surface area contributed by atoms with Gasteiger partial charge in [-0.1, -0.05) is 30.3 Å². The molecule has 17 heavy (non-hydrogen) atoms. The van der Waals surface area contributed by atoms with Crippen LogP contribution in [0.5, 0.6) is 0 Å². The van der Waals surface area contributed by atoms with Crippen LogP contribution in [0, 0.1) is 0 Å². The lowest BCUT2D eigenvalue weighted by molar-refractivity contribution is 0.0567. The normalized spacial score (nSPS) is 29.2. The summed E-state index contributed by atoms with van der Waals surface area (Å²) < 4.78 is 0. The number of likely N-dealkylation sites (tertiary alicyclic amines) is 1. The minimum absolute atomic E-state index is 0.164. The third-order valence-electron chi connectivity index (χ3n) is 4.51. The molecule has 0 bridgehead atoms. The molecule has 0 amide bonds. The Bertz CT molecular complexity index is 372. The Labute approximate surface area is 105 Å². The largest absolute Gasteiger partial charge is 0.330 e. The summed E-state index contributed by atoms with van der Waals surface area (Å²) >= 11 is 0. The summed E-state index contributed by atoms with van der Waals surface area (Å²) in [5.74, 6) is 0. The SMILES string of the molecule is CN1CCC(CN)(c2ccccc2)CC1(C)C. The van der Waals surface area contributed by atoms with Crippen molar-refractivity contribution in [3.05, 3.63) is 35.9 Å². The van der Waals surface area contributed by atoms with Crippen LogP contribution in [0.2, 0.25) is 0 Å². The van der Waals surface area contributed by atoms with Crippen molar-refractivity contribution in [3.8, 4) is 0 Å². The number of nitrogens with zero attached hydrogens (tertiary/aromatic N) is 1. The van der Waals surface area contributed by atoms with Gasteiger partial charge in [0, 0.05) is 17.5 Å². The zero-order valence-electron chi connectivity index (χ0n) is 11.2. The maximum atomic E-state index is 6.12. The van der Waals surface area contributed by atoms with E-state index in [9.17, 15) is 0 Å². The topological polar surface area (TPSA) is 29.3 Å². The highest BCUT2D eigenvalue weighted by molar-refractivity contribution is 5.28. The van der Waals surface area contributed by atoms with Gasteiger partial charge in [0.1, 0.15) is 0 Å². The van der Waals surface area contributed by atoms with Gasteiger partial charge in [-0.2, -0.15) is 0 Å². The van der Waals surface area contributed by atoms with E-state index in [4.69, 9.17) is 5.73 Å². The van der Waals surface area contributed by atoms with Crippen LogP contribution in [0.25, 0.3) is 0 Å². The van der Waals surface area contributed by atoms with Crippen molar-refractivity contribution in [1.82, 2.24) is 4.90 Å². The molecule has 1 heterocycles. The Morgan fingerprint density at radius 1 is 1.24 bits per heavy atom. The second-order valence-corrected chi connectivity index (χ2v) is 6.01. The molecule has 2 N–H and O–H groups in total. The van der Waals surface area contributed by atoms with E-state index in [0.717, 1.165) is 25.9 Å². The van der Waals surface area contributed by atoms with Crippen LogP contribution in [0.4, 0.5) is 0 Å². The number of hydrogen-bond donors (Lipinski definition) is 1. The highest BCUT2D eigenvalue weighted by atomic mass is 15.2. The minimum Gasteiger partial charge on any atom is -0.330 e. The predicted octanol–water partition coefficient (Wildman–Crippen LogP) is 2.39. The highest BCUT2D eigenvalue weighted by Gasteiger charge is 2.42. The standard InChI is InChI=1S/C15H24N2/c1-14(2)11-15(12-16,9-10-17(14)3)13-7-5-4-6-8-13/h4-8H,9-12,16H2,1-3H3. The molecule has 1 aliphatic heterocycles. The summed E-state index contributed by atoms with van der Waals surface area (Å²) in [6, 6.07) is 10.8. The van der Waals surface area contributed by atoms with Gasteiger partial charge in [0.2, 0.25) is 0 Å². The van der Waals surface area contributed by atoms with E-state index in [-0.39, 0.29) is 11.0 Å². The van der Waals surface area contributed by atoms with E-state index >= 15 is 0 Å². The second-order valence-electron chi connectivity index (χ2n) is 6.01. The Kier molecular flexibility index (Phi) is 3.28. The monoisotopic (exact) mass is 232 g/mol. The van der Waals surface area contributed by atoms with Gasteiger partial charge in [0.25, 0.3) is 0 Å². The van der Waals surface area contributed by atoms with E-state index in [1.54, 1.807) is 0 Å². The van der Waals surface area contributed by atoms with E-state index < -0.39 is 0 Å². The molecule has 1 fully saturated rings. The Morgan fingerprint density at radius 2 is 1.88 bits per heavy atom. The highest BCUT2D eigenvalue weighted by Crippen LogP contribution is 2.41. The number of hydrogen-bond acceptors (Lipinski definition) is 2. The number of nitrogens with two attached hydrogens (primary N) is 1. The van der Waals surface area contributed by atoms with Gasteiger partial charge in [-0.25, -0.2) is 0 Å². The first kappa shape index (κ1) is 12.6. The van der Waals surface area contributed by atoms with Crippen LogP contribution in [0.3, 0.4) is 0 Å². The smallest absolute Gasteiger partial charge is 0.0159 e. The van der Waals surface area contributed by atoms with Crippen LogP contribution in [-0.2, 0) is 5.41 Å². The molecule has 0 radical (unpaired) electrons. The van der Waals surface area contributed by atoms with Crippen molar-refractivity contribution in [2.24, 2.45) is 5.73 Å². The molecule has 0 spiro atoms. The first-order chi connectivity index (χ1) is 8.00. The minimum atomic E-state index is 0.164. The van der Waals surface area contributed by atoms with Crippen LogP contribution in [0.1, 0.15) is 32.3 Å². The summed E-state index contributed by atoms with van der Waals surface area (Å²) in [6.45, 7) is 6.51. The molecule has 2 nitrogen and oxygen atoms in total. The molecular weight excluding hydrogens is 208 g/mol. The summed E-state index contributed by atoms with van der Waals surface area (Å²) in [7, 11) is 2.21. The van der Waals surface area contributed by atoms with E-state index in [2.05, 4.69) is 56.1 Å². The first-order valence-electron chi connectivity index (χ1n) is 6.47. The summed E-state index contributed by atoms with van der Waals surface area (Å²) in [5, 5.41) is 0. The molecule has 0 aromatic heterocycles. The Balaban J connectivity index is 2.34. The maximum absolute atomic E-state index is 6.12. The molecule has 1 aromatic rings. The fraction of sp³-hybridized carbons (Fsp3) is 0.600. The summed E-state index contributed by atoms with van der Waals surface area (Å²) in [4.78, 5) is 2.45.